The van der Waals surface area contributed by atoms with Gasteiger partial charge >= 0.3 is 0 Å². The summed E-state index contributed by atoms with van der Waals surface area (Å²) in [6.07, 6.45) is 0.460. The van der Waals surface area contributed by atoms with E-state index in [2.05, 4.69) is 16.3 Å². The van der Waals surface area contributed by atoms with Crippen molar-refractivity contribution in [2.75, 3.05) is 19.0 Å². The summed E-state index contributed by atoms with van der Waals surface area (Å²) in [7, 11) is 4.01. The first-order valence-electron chi connectivity index (χ1n) is 6.21. The lowest BCUT2D eigenvalue weighted by Crippen LogP contribution is -2.25. The van der Waals surface area contributed by atoms with E-state index in [1.165, 1.54) is 0 Å². The van der Waals surface area contributed by atoms with Gasteiger partial charge in [-0.1, -0.05) is 24.3 Å². The molecule has 0 atom stereocenters. The Bertz CT molecular complexity index is 535. The van der Waals surface area contributed by atoms with Crippen molar-refractivity contribution in [3.63, 3.8) is 0 Å². The van der Waals surface area contributed by atoms with Crippen LogP contribution in [0.15, 0.2) is 41.8 Å². The Hall–Kier alpha value is -1.81. The normalized spacial score (nSPS) is 10.2. The van der Waals surface area contributed by atoms with Gasteiger partial charge in [-0.2, -0.15) is 0 Å². The number of carbonyl (C=O) groups excluding carboxylic acids is 1. The molecule has 0 fully saturated rings. The predicted molar refractivity (Wildman–Crippen MR) is 80.6 cm³/mol. The highest BCUT2D eigenvalue weighted by Crippen LogP contribution is 2.17. The molecule has 0 bridgehead atoms. The second-order valence-electron chi connectivity index (χ2n) is 4.56. The zero-order valence-corrected chi connectivity index (χ0v) is 12.0. The number of benzene rings is 1. The van der Waals surface area contributed by atoms with Crippen molar-refractivity contribution < 1.29 is 4.79 Å². The molecule has 1 amide bonds. The van der Waals surface area contributed by atoms with Gasteiger partial charge in [0.2, 0.25) is 5.91 Å². The van der Waals surface area contributed by atoms with E-state index in [1.807, 2.05) is 49.8 Å². The highest BCUT2D eigenvalue weighted by molar-refractivity contribution is 7.10. The van der Waals surface area contributed by atoms with Gasteiger partial charge in [0.15, 0.2) is 0 Å². The van der Waals surface area contributed by atoms with Crippen LogP contribution < -0.4 is 10.2 Å². The standard InChI is InChI=1S/C15H18N2OS/c1-17(2)14-8-4-3-6-12(14)11-16-15(18)10-13-7-5-9-19-13/h3-9H,10-11H2,1-2H3,(H,16,18). The quantitative estimate of drug-likeness (QED) is 0.909. The SMILES string of the molecule is CN(C)c1ccccc1CNC(=O)Cc1cccs1. The molecule has 3 nitrogen and oxygen atoms in total. The molecular formula is C15H18N2OS. The van der Waals surface area contributed by atoms with Crippen molar-refractivity contribution in [1.82, 2.24) is 5.32 Å². The molecule has 2 rings (SSSR count). The topological polar surface area (TPSA) is 32.3 Å². The Morgan fingerprint density at radius 3 is 2.68 bits per heavy atom. The monoisotopic (exact) mass is 274 g/mol. The summed E-state index contributed by atoms with van der Waals surface area (Å²) >= 11 is 1.61. The summed E-state index contributed by atoms with van der Waals surface area (Å²) < 4.78 is 0. The lowest BCUT2D eigenvalue weighted by atomic mass is 10.1. The van der Waals surface area contributed by atoms with Crippen molar-refractivity contribution in [2.24, 2.45) is 0 Å². The molecule has 0 aliphatic rings. The fourth-order valence-corrected chi connectivity index (χ4v) is 2.63. The Kier molecular flexibility index (Phi) is 4.58. The van der Waals surface area contributed by atoms with Gasteiger partial charge in [0.05, 0.1) is 6.42 Å². The number of hydrogen-bond acceptors (Lipinski definition) is 3. The second-order valence-corrected chi connectivity index (χ2v) is 5.59. The Morgan fingerprint density at radius 1 is 1.21 bits per heavy atom. The third-order valence-electron chi connectivity index (χ3n) is 2.86. The maximum atomic E-state index is 11.8. The van der Waals surface area contributed by atoms with Crippen LogP contribution in [0, 0.1) is 0 Å². The minimum absolute atomic E-state index is 0.0657. The summed E-state index contributed by atoms with van der Waals surface area (Å²) in [5, 5.41) is 4.96. The van der Waals surface area contributed by atoms with E-state index in [1.54, 1.807) is 11.3 Å². The number of carbonyl (C=O) groups is 1. The number of nitrogens with zero attached hydrogens (tertiary/aromatic N) is 1. The van der Waals surface area contributed by atoms with Crippen LogP contribution in [0.5, 0.6) is 0 Å². The summed E-state index contributed by atoms with van der Waals surface area (Å²) in [6.45, 7) is 0.568. The van der Waals surface area contributed by atoms with Crippen LogP contribution in [0.1, 0.15) is 10.4 Å². The zero-order valence-electron chi connectivity index (χ0n) is 11.2. The van der Waals surface area contributed by atoms with E-state index in [0.29, 0.717) is 13.0 Å². The lowest BCUT2D eigenvalue weighted by molar-refractivity contribution is -0.120. The van der Waals surface area contributed by atoms with Crippen LogP contribution >= 0.6 is 11.3 Å². The molecule has 2 aromatic rings. The molecule has 0 saturated carbocycles. The number of para-hydroxylation sites is 1. The minimum Gasteiger partial charge on any atom is -0.377 e. The first kappa shape index (κ1) is 13.6. The highest BCUT2D eigenvalue weighted by atomic mass is 32.1. The molecule has 0 aliphatic carbocycles. The molecule has 4 heteroatoms. The van der Waals surface area contributed by atoms with Gasteiger partial charge in [-0.15, -0.1) is 11.3 Å². The number of nitrogens with one attached hydrogen (secondary N) is 1. The van der Waals surface area contributed by atoms with Crippen LogP contribution in [0.25, 0.3) is 0 Å². The van der Waals surface area contributed by atoms with E-state index >= 15 is 0 Å². The number of hydrogen-bond donors (Lipinski definition) is 1. The van der Waals surface area contributed by atoms with Crippen LogP contribution in [0.3, 0.4) is 0 Å². The number of rotatable bonds is 5. The molecule has 0 saturated heterocycles. The van der Waals surface area contributed by atoms with Crippen molar-refractivity contribution >= 4 is 22.9 Å². The van der Waals surface area contributed by atoms with Gasteiger partial charge in [-0.3, -0.25) is 4.79 Å². The molecule has 19 heavy (non-hydrogen) atoms. The Morgan fingerprint density at radius 2 is 2.00 bits per heavy atom. The molecule has 0 radical (unpaired) electrons. The second kappa shape index (κ2) is 6.38. The van der Waals surface area contributed by atoms with Crippen LogP contribution in [0.2, 0.25) is 0 Å². The molecule has 1 heterocycles. The average molecular weight is 274 g/mol. The molecule has 1 aromatic heterocycles. The van der Waals surface area contributed by atoms with Crippen molar-refractivity contribution in [3.05, 3.63) is 52.2 Å². The fraction of sp³-hybridized carbons (Fsp3) is 0.267. The van der Waals surface area contributed by atoms with E-state index in [9.17, 15) is 4.79 Å². The van der Waals surface area contributed by atoms with Gasteiger partial charge in [0, 0.05) is 31.2 Å². The van der Waals surface area contributed by atoms with Gasteiger partial charge < -0.3 is 10.2 Å². The predicted octanol–water partition coefficient (Wildman–Crippen LogP) is 2.67. The molecule has 0 aliphatic heterocycles. The number of anilines is 1. The largest absolute Gasteiger partial charge is 0.377 e. The van der Waals surface area contributed by atoms with Crippen LogP contribution in [-0.4, -0.2) is 20.0 Å². The number of amides is 1. The Labute approximate surface area is 117 Å². The van der Waals surface area contributed by atoms with E-state index in [0.717, 1.165) is 16.1 Å². The fourth-order valence-electron chi connectivity index (χ4n) is 1.92. The first-order valence-corrected chi connectivity index (χ1v) is 7.09. The van der Waals surface area contributed by atoms with Gasteiger partial charge in [-0.05, 0) is 23.1 Å². The minimum atomic E-state index is 0.0657. The lowest BCUT2D eigenvalue weighted by Gasteiger charge is -2.17. The van der Waals surface area contributed by atoms with Gasteiger partial charge in [0.25, 0.3) is 0 Å². The van der Waals surface area contributed by atoms with Gasteiger partial charge in [-0.25, -0.2) is 0 Å². The summed E-state index contributed by atoms with van der Waals surface area (Å²) in [6, 6.07) is 12.0. The summed E-state index contributed by atoms with van der Waals surface area (Å²) in [5.74, 6) is 0.0657. The molecule has 1 aromatic carbocycles. The first-order chi connectivity index (χ1) is 9.16. The van der Waals surface area contributed by atoms with E-state index < -0.39 is 0 Å². The van der Waals surface area contributed by atoms with Crippen molar-refractivity contribution in [1.29, 1.82) is 0 Å². The van der Waals surface area contributed by atoms with E-state index in [-0.39, 0.29) is 5.91 Å². The molecular weight excluding hydrogens is 256 g/mol. The van der Waals surface area contributed by atoms with Crippen LogP contribution in [-0.2, 0) is 17.8 Å². The highest BCUT2D eigenvalue weighted by Gasteiger charge is 2.07. The van der Waals surface area contributed by atoms with Gasteiger partial charge in [0.1, 0.15) is 0 Å². The Balaban J connectivity index is 1.93. The summed E-state index contributed by atoms with van der Waals surface area (Å²) in [5.41, 5.74) is 2.27. The third kappa shape index (κ3) is 3.83. The molecule has 100 valence electrons. The maximum absolute atomic E-state index is 11.8. The molecule has 0 spiro atoms. The van der Waals surface area contributed by atoms with Crippen LogP contribution in [0.4, 0.5) is 5.69 Å². The zero-order chi connectivity index (χ0) is 13.7. The third-order valence-corrected chi connectivity index (χ3v) is 3.74. The molecule has 1 N–H and O–H groups in total. The maximum Gasteiger partial charge on any atom is 0.225 e. The van der Waals surface area contributed by atoms with Crippen molar-refractivity contribution in [2.45, 2.75) is 13.0 Å². The average Bonchev–Trinajstić information content (AvgIpc) is 2.89. The van der Waals surface area contributed by atoms with E-state index in [4.69, 9.17) is 0 Å². The number of thiophene rings is 1. The smallest absolute Gasteiger partial charge is 0.225 e. The van der Waals surface area contributed by atoms with Crippen molar-refractivity contribution in [3.8, 4) is 0 Å². The summed E-state index contributed by atoms with van der Waals surface area (Å²) in [4.78, 5) is 15.0. The molecule has 0 unspecified atom stereocenters.